The number of nitrogens with one attached hydrogen (secondary N) is 2. The molecule has 2 aliphatic rings. The molecular formula is C21H26N4O2. The predicted molar refractivity (Wildman–Crippen MR) is 104 cm³/mol. The fourth-order valence-corrected chi connectivity index (χ4v) is 4.54. The largest absolute Gasteiger partial charge is 0.341 e. The summed E-state index contributed by atoms with van der Waals surface area (Å²) in [5.41, 5.74) is 4.17. The first-order valence-corrected chi connectivity index (χ1v) is 9.81. The summed E-state index contributed by atoms with van der Waals surface area (Å²) >= 11 is 0. The Morgan fingerprint density at radius 2 is 2.07 bits per heavy atom. The number of benzene rings is 1. The molecular weight excluding hydrogens is 340 g/mol. The van der Waals surface area contributed by atoms with E-state index >= 15 is 0 Å². The summed E-state index contributed by atoms with van der Waals surface area (Å²) < 4.78 is 0. The predicted octanol–water partition coefficient (Wildman–Crippen LogP) is 3.19. The number of carbonyl (C=O) groups excluding carboxylic acids is 2. The molecule has 2 heterocycles. The third-order valence-corrected chi connectivity index (χ3v) is 5.79. The summed E-state index contributed by atoms with van der Waals surface area (Å²) in [6.45, 7) is 2.97. The van der Waals surface area contributed by atoms with Crippen LogP contribution < -0.4 is 5.32 Å². The molecule has 2 amide bonds. The monoisotopic (exact) mass is 366 g/mol. The van der Waals surface area contributed by atoms with Crippen molar-refractivity contribution in [2.24, 2.45) is 0 Å². The molecule has 1 aromatic carbocycles. The molecule has 2 unspecified atom stereocenters. The van der Waals surface area contributed by atoms with E-state index in [0.717, 1.165) is 50.0 Å². The Balaban J connectivity index is 1.52. The number of likely N-dealkylation sites (tertiary alicyclic amines) is 1. The Morgan fingerprint density at radius 3 is 2.93 bits per heavy atom. The van der Waals surface area contributed by atoms with Gasteiger partial charge < -0.3 is 10.2 Å². The highest BCUT2D eigenvalue weighted by atomic mass is 16.2. The molecule has 142 valence electrons. The van der Waals surface area contributed by atoms with Crippen LogP contribution in [0.4, 0.5) is 5.69 Å². The van der Waals surface area contributed by atoms with Crippen LogP contribution in [0.25, 0.3) is 0 Å². The average molecular weight is 366 g/mol. The lowest BCUT2D eigenvalue weighted by Gasteiger charge is -2.36. The molecule has 4 rings (SSSR count). The van der Waals surface area contributed by atoms with Crippen molar-refractivity contribution in [2.45, 2.75) is 50.9 Å². The van der Waals surface area contributed by atoms with Gasteiger partial charge in [0.25, 0.3) is 0 Å². The van der Waals surface area contributed by atoms with Gasteiger partial charge in [0.15, 0.2) is 0 Å². The minimum absolute atomic E-state index is 0.0229. The summed E-state index contributed by atoms with van der Waals surface area (Å²) in [6.07, 6.45) is 6.66. The molecule has 0 radical (unpaired) electrons. The molecule has 0 bridgehead atoms. The smallest absolute Gasteiger partial charge is 0.230 e. The highest BCUT2D eigenvalue weighted by molar-refractivity contribution is 5.89. The van der Waals surface area contributed by atoms with Crippen LogP contribution in [0.15, 0.2) is 30.5 Å². The highest BCUT2D eigenvalue weighted by Gasteiger charge is 2.33. The minimum atomic E-state index is -0.111. The number of hydrogen-bond donors (Lipinski definition) is 2. The molecule has 6 heteroatoms. The van der Waals surface area contributed by atoms with Gasteiger partial charge in [-0.3, -0.25) is 14.7 Å². The van der Waals surface area contributed by atoms with Crippen molar-refractivity contribution in [2.75, 3.05) is 18.4 Å². The summed E-state index contributed by atoms with van der Waals surface area (Å²) in [6, 6.07) is 8.36. The molecule has 1 aromatic heterocycles. The van der Waals surface area contributed by atoms with Gasteiger partial charge >= 0.3 is 0 Å². The summed E-state index contributed by atoms with van der Waals surface area (Å²) in [4.78, 5) is 26.8. The number of hydrogen-bond acceptors (Lipinski definition) is 3. The van der Waals surface area contributed by atoms with E-state index in [1.54, 1.807) is 6.20 Å². The van der Waals surface area contributed by atoms with E-state index in [9.17, 15) is 9.59 Å². The number of aromatic nitrogens is 2. The van der Waals surface area contributed by atoms with Crippen LogP contribution >= 0.6 is 0 Å². The fraction of sp³-hybridized carbons (Fsp3) is 0.476. The van der Waals surface area contributed by atoms with Crippen molar-refractivity contribution >= 4 is 17.5 Å². The zero-order valence-corrected chi connectivity index (χ0v) is 15.7. The Labute approximate surface area is 159 Å². The molecule has 27 heavy (non-hydrogen) atoms. The third-order valence-electron chi connectivity index (χ3n) is 5.79. The van der Waals surface area contributed by atoms with E-state index < -0.39 is 0 Å². The molecule has 1 aliphatic heterocycles. The van der Waals surface area contributed by atoms with Crippen LogP contribution in [0.5, 0.6) is 0 Å². The fourth-order valence-electron chi connectivity index (χ4n) is 4.54. The van der Waals surface area contributed by atoms with E-state index in [1.165, 1.54) is 18.1 Å². The first kappa shape index (κ1) is 17.8. The van der Waals surface area contributed by atoms with Crippen LogP contribution in [-0.4, -0.2) is 40.0 Å². The SMILES string of the molecule is CC(=O)Nc1cn[nH]c1C1CCCN(C(=O)C2CCCc3ccccc32)C1. The number of H-pyrrole nitrogens is 1. The van der Waals surface area contributed by atoms with Gasteiger partial charge in [0, 0.05) is 25.9 Å². The van der Waals surface area contributed by atoms with Crippen LogP contribution in [0.1, 0.15) is 61.3 Å². The maximum absolute atomic E-state index is 13.3. The lowest BCUT2D eigenvalue weighted by atomic mass is 9.81. The number of carbonyl (C=O) groups is 2. The Kier molecular flexibility index (Phi) is 4.97. The zero-order valence-electron chi connectivity index (χ0n) is 15.7. The standard InChI is InChI=1S/C21H26N4O2/c1-14(26)23-19-12-22-24-20(19)16-8-5-11-25(13-16)21(27)18-10-4-7-15-6-2-3-9-17(15)18/h2-3,6,9,12,16,18H,4-5,7-8,10-11,13H2,1H3,(H,22,24)(H,23,26). The van der Waals surface area contributed by atoms with Gasteiger partial charge in [-0.25, -0.2) is 0 Å². The number of aryl methyl sites for hydroxylation is 1. The second-order valence-corrected chi connectivity index (χ2v) is 7.65. The van der Waals surface area contributed by atoms with Crippen molar-refractivity contribution in [3.05, 3.63) is 47.3 Å². The topological polar surface area (TPSA) is 78.1 Å². The molecule has 1 saturated heterocycles. The van der Waals surface area contributed by atoms with Gasteiger partial charge in [-0.1, -0.05) is 24.3 Å². The van der Waals surface area contributed by atoms with Gasteiger partial charge in [0.2, 0.25) is 11.8 Å². The Hall–Kier alpha value is -2.63. The minimum Gasteiger partial charge on any atom is -0.341 e. The molecule has 0 saturated carbocycles. The molecule has 2 N–H and O–H groups in total. The van der Waals surface area contributed by atoms with Gasteiger partial charge in [0.1, 0.15) is 0 Å². The van der Waals surface area contributed by atoms with Crippen molar-refractivity contribution in [3.63, 3.8) is 0 Å². The quantitative estimate of drug-likeness (QED) is 0.876. The van der Waals surface area contributed by atoms with Crippen molar-refractivity contribution < 1.29 is 9.59 Å². The first-order chi connectivity index (χ1) is 13.1. The number of piperidine rings is 1. The molecule has 6 nitrogen and oxygen atoms in total. The van der Waals surface area contributed by atoms with E-state index in [2.05, 4.69) is 33.7 Å². The zero-order chi connectivity index (χ0) is 18.8. The van der Waals surface area contributed by atoms with Gasteiger partial charge in [-0.15, -0.1) is 0 Å². The Morgan fingerprint density at radius 1 is 1.22 bits per heavy atom. The summed E-state index contributed by atoms with van der Waals surface area (Å²) in [5, 5.41) is 9.96. The molecule has 1 fully saturated rings. The number of aromatic amines is 1. The van der Waals surface area contributed by atoms with Crippen molar-refractivity contribution in [1.82, 2.24) is 15.1 Å². The lowest BCUT2D eigenvalue weighted by Crippen LogP contribution is -2.42. The molecule has 2 aromatic rings. The molecule has 2 atom stereocenters. The molecule has 1 aliphatic carbocycles. The van der Waals surface area contributed by atoms with Crippen LogP contribution in [0.2, 0.25) is 0 Å². The average Bonchev–Trinajstić information content (AvgIpc) is 3.14. The van der Waals surface area contributed by atoms with Gasteiger partial charge in [-0.2, -0.15) is 5.10 Å². The van der Waals surface area contributed by atoms with Crippen LogP contribution in [0, 0.1) is 0 Å². The molecule has 0 spiro atoms. The van der Waals surface area contributed by atoms with Crippen LogP contribution in [-0.2, 0) is 16.0 Å². The van der Waals surface area contributed by atoms with E-state index in [4.69, 9.17) is 0 Å². The van der Waals surface area contributed by atoms with E-state index in [0.29, 0.717) is 6.54 Å². The second-order valence-electron chi connectivity index (χ2n) is 7.65. The maximum atomic E-state index is 13.3. The number of anilines is 1. The third kappa shape index (κ3) is 3.61. The summed E-state index contributed by atoms with van der Waals surface area (Å²) in [5.74, 6) is 0.281. The first-order valence-electron chi connectivity index (χ1n) is 9.81. The van der Waals surface area contributed by atoms with Crippen LogP contribution in [0.3, 0.4) is 0 Å². The number of amides is 2. The highest BCUT2D eigenvalue weighted by Crippen LogP contribution is 2.36. The van der Waals surface area contributed by atoms with E-state index in [1.807, 2.05) is 11.0 Å². The Bertz CT molecular complexity index is 844. The number of rotatable bonds is 3. The second kappa shape index (κ2) is 7.55. The van der Waals surface area contributed by atoms with Crippen molar-refractivity contribution in [1.29, 1.82) is 0 Å². The van der Waals surface area contributed by atoms with Crippen molar-refractivity contribution in [3.8, 4) is 0 Å². The van der Waals surface area contributed by atoms with Gasteiger partial charge in [0.05, 0.1) is 23.5 Å². The maximum Gasteiger partial charge on any atom is 0.230 e. The summed E-state index contributed by atoms with van der Waals surface area (Å²) in [7, 11) is 0. The van der Waals surface area contributed by atoms with Gasteiger partial charge in [-0.05, 0) is 43.2 Å². The van der Waals surface area contributed by atoms with E-state index in [-0.39, 0.29) is 23.7 Å². The normalized spacial score (nSPS) is 22.2. The number of fused-ring (bicyclic) bond motifs is 1. The lowest BCUT2D eigenvalue weighted by molar-refractivity contribution is -0.134. The number of nitrogens with zero attached hydrogens (tertiary/aromatic N) is 2.